The Morgan fingerprint density at radius 1 is 1.23 bits per heavy atom. The standard InChI is InChI=1S/C11H22N2/c1-13(8-9-3-2-4-9)11-6-5-10(11)7-12/h9-11H,2-8,12H2,1H3. The van der Waals surface area contributed by atoms with Crippen LogP contribution in [0.15, 0.2) is 0 Å². The van der Waals surface area contributed by atoms with Crippen LogP contribution in [-0.2, 0) is 0 Å². The maximum atomic E-state index is 5.71. The summed E-state index contributed by atoms with van der Waals surface area (Å²) in [6.07, 6.45) is 7.12. The van der Waals surface area contributed by atoms with E-state index in [0.717, 1.165) is 24.4 Å². The van der Waals surface area contributed by atoms with Gasteiger partial charge in [-0.2, -0.15) is 0 Å². The second-order valence-corrected chi connectivity index (χ2v) is 4.88. The second kappa shape index (κ2) is 3.97. The Balaban J connectivity index is 1.72. The molecule has 0 aliphatic heterocycles. The van der Waals surface area contributed by atoms with E-state index >= 15 is 0 Å². The summed E-state index contributed by atoms with van der Waals surface area (Å²) in [6, 6.07) is 0.811. The van der Waals surface area contributed by atoms with E-state index in [1.165, 1.54) is 38.6 Å². The van der Waals surface area contributed by atoms with E-state index < -0.39 is 0 Å². The van der Waals surface area contributed by atoms with Crippen LogP contribution in [0.5, 0.6) is 0 Å². The predicted octanol–water partition coefficient (Wildman–Crippen LogP) is 1.46. The van der Waals surface area contributed by atoms with Crippen LogP contribution in [0, 0.1) is 11.8 Å². The van der Waals surface area contributed by atoms with E-state index in [2.05, 4.69) is 11.9 Å². The Bertz CT molecular complexity index is 163. The van der Waals surface area contributed by atoms with Gasteiger partial charge in [0.25, 0.3) is 0 Å². The zero-order valence-corrected chi connectivity index (χ0v) is 8.71. The van der Waals surface area contributed by atoms with Gasteiger partial charge in [0.15, 0.2) is 0 Å². The Labute approximate surface area is 81.5 Å². The minimum absolute atomic E-state index is 0.796. The van der Waals surface area contributed by atoms with Gasteiger partial charge in [0.2, 0.25) is 0 Å². The van der Waals surface area contributed by atoms with E-state index in [4.69, 9.17) is 5.73 Å². The van der Waals surface area contributed by atoms with Gasteiger partial charge in [0.1, 0.15) is 0 Å². The third-order valence-corrected chi connectivity index (χ3v) is 4.02. The molecule has 0 aromatic carbocycles. The maximum absolute atomic E-state index is 5.71. The summed E-state index contributed by atoms with van der Waals surface area (Å²) in [7, 11) is 2.28. The Morgan fingerprint density at radius 2 is 2.00 bits per heavy atom. The summed E-state index contributed by atoms with van der Waals surface area (Å²) >= 11 is 0. The molecular weight excluding hydrogens is 160 g/mol. The molecule has 0 amide bonds. The first-order chi connectivity index (χ1) is 6.31. The molecule has 76 valence electrons. The number of nitrogens with zero attached hydrogens (tertiary/aromatic N) is 1. The van der Waals surface area contributed by atoms with Gasteiger partial charge in [-0.1, -0.05) is 6.42 Å². The van der Waals surface area contributed by atoms with Gasteiger partial charge < -0.3 is 10.6 Å². The summed E-state index contributed by atoms with van der Waals surface area (Å²) in [5.74, 6) is 1.80. The van der Waals surface area contributed by atoms with Gasteiger partial charge in [0, 0.05) is 12.6 Å². The van der Waals surface area contributed by atoms with Crippen molar-refractivity contribution in [1.29, 1.82) is 0 Å². The van der Waals surface area contributed by atoms with Crippen LogP contribution < -0.4 is 5.73 Å². The van der Waals surface area contributed by atoms with Crippen molar-refractivity contribution in [3.8, 4) is 0 Å². The average molecular weight is 182 g/mol. The molecule has 2 fully saturated rings. The molecule has 2 aliphatic rings. The van der Waals surface area contributed by atoms with Gasteiger partial charge >= 0.3 is 0 Å². The fourth-order valence-electron chi connectivity index (χ4n) is 2.62. The predicted molar refractivity (Wildman–Crippen MR) is 55.5 cm³/mol. The fourth-order valence-corrected chi connectivity index (χ4v) is 2.62. The Hall–Kier alpha value is -0.0800. The first-order valence-corrected chi connectivity index (χ1v) is 5.71. The van der Waals surface area contributed by atoms with Crippen molar-refractivity contribution in [2.45, 2.75) is 38.1 Å². The van der Waals surface area contributed by atoms with Crippen molar-refractivity contribution >= 4 is 0 Å². The zero-order chi connectivity index (χ0) is 9.26. The molecule has 2 N–H and O–H groups in total. The number of hydrogen-bond acceptors (Lipinski definition) is 2. The lowest BCUT2D eigenvalue weighted by Crippen LogP contribution is -2.49. The van der Waals surface area contributed by atoms with Crippen LogP contribution >= 0.6 is 0 Å². The van der Waals surface area contributed by atoms with Crippen LogP contribution in [-0.4, -0.2) is 31.1 Å². The fraction of sp³-hybridized carbons (Fsp3) is 1.00. The van der Waals surface area contributed by atoms with Gasteiger partial charge in [0.05, 0.1) is 0 Å². The molecule has 0 aromatic rings. The molecule has 0 aromatic heterocycles. The molecule has 0 heterocycles. The molecule has 2 aliphatic carbocycles. The summed E-state index contributed by atoms with van der Waals surface area (Å²) in [5.41, 5.74) is 5.71. The lowest BCUT2D eigenvalue weighted by molar-refractivity contribution is 0.0627. The first-order valence-electron chi connectivity index (χ1n) is 5.71. The topological polar surface area (TPSA) is 29.3 Å². The molecule has 2 unspecified atom stereocenters. The smallest absolute Gasteiger partial charge is 0.0133 e. The van der Waals surface area contributed by atoms with Crippen molar-refractivity contribution in [3.05, 3.63) is 0 Å². The van der Waals surface area contributed by atoms with Gasteiger partial charge in [-0.25, -0.2) is 0 Å². The third-order valence-electron chi connectivity index (χ3n) is 4.02. The monoisotopic (exact) mass is 182 g/mol. The largest absolute Gasteiger partial charge is 0.330 e. The van der Waals surface area contributed by atoms with Crippen LogP contribution in [0.3, 0.4) is 0 Å². The summed E-state index contributed by atoms with van der Waals surface area (Å²) in [4.78, 5) is 2.56. The number of rotatable bonds is 4. The molecule has 13 heavy (non-hydrogen) atoms. The molecule has 0 saturated heterocycles. The van der Waals surface area contributed by atoms with E-state index in [9.17, 15) is 0 Å². The highest BCUT2D eigenvalue weighted by molar-refractivity contribution is 4.89. The lowest BCUT2D eigenvalue weighted by atomic mass is 9.77. The van der Waals surface area contributed by atoms with E-state index in [0.29, 0.717) is 0 Å². The minimum Gasteiger partial charge on any atom is -0.330 e. The quantitative estimate of drug-likeness (QED) is 0.713. The maximum Gasteiger partial charge on any atom is 0.0133 e. The molecule has 2 atom stereocenters. The number of nitrogens with two attached hydrogens (primary N) is 1. The lowest BCUT2D eigenvalue weighted by Gasteiger charge is -2.44. The van der Waals surface area contributed by atoms with Crippen LogP contribution in [0.25, 0.3) is 0 Å². The highest BCUT2D eigenvalue weighted by atomic mass is 15.1. The second-order valence-electron chi connectivity index (χ2n) is 4.88. The molecule has 0 bridgehead atoms. The summed E-state index contributed by atoms with van der Waals surface area (Å²) < 4.78 is 0. The molecule has 2 saturated carbocycles. The van der Waals surface area contributed by atoms with E-state index in [1.54, 1.807) is 0 Å². The van der Waals surface area contributed by atoms with Gasteiger partial charge in [-0.15, -0.1) is 0 Å². The SMILES string of the molecule is CN(CC1CCC1)C1CCC1CN. The normalized spacial score (nSPS) is 34.4. The zero-order valence-electron chi connectivity index (χ0n) is 8.71. The third kappa shape index (κ3) is 1.89. The van der Waals surface area contributed by atoms with Crippen LogP contribution in [0.1, 0.15) is 32.1 Å². The van der Waals surface area contributed by atoms with E-state index in [-0.39, 0.29) is 0 Å². The van der Waals surface area contributed by atoms with Crippen molar-refractivity contribution in [3.63, 3.8) is 0 Å². The molecule has 0 spiro atoms. The number of hydrogen-bond donors (Lipinski definition) is 1. The van der Waals surface area contributed by atoms with Gasteiger partial charge in [-0.05, 0) is 51.1 Å². The van der Waals surface area contributed by atoms with Crippen molar-refractivity contribution in [1.82, 2.24) is 4.90 Å². The molecule has 2 rings (SSSR count). The Morgan fingerprint density at radius 3 is 2.38 bits per heavy atom. The van der Waals surface area contributed by atoms with Crippen molar-refractivity contribution in [2.75, 3.05) is 20.1 Å². The van der Waals surface area contributed by atoms with E-state index in [1.807, 2.05) is 0 Å². The van der Waals surface area contributed by atoms with Crippen molar-refractivity contribution < 1.29 is 0 Å². The molecular formula is C11H22N2. The molecule has 0 radical (unpaired) electrons. The van der Waals surface area contributed by atoms with Gasteiger partial charge in [-0.3, -0.25) is 0 Å². The van der Waals surface area contributed by atoms with Crippen LogP contribution in [0.4, 0.5) is 0 Å². The van der Waals surface area contributed by atoms with Crippen LogP contribution in [0.2, 0.25) is 0 Å². The first kappa shape index (κ1) is 9.47. The molecule has 2 nitrogen and oxygen atoms in total. The average Bonchev–Trinajstić information content (AvgIpc) is 1.96. The minimum atomic E-state index is 0.796. The highest BCUT2D eigenvalue weighted by Gasteiger charge is 2.34. The summed E-state index contributed by atoms with van der Waals surface area (Å²) in [6.45, 7) is 2.21. The molecule has 2 heteroatoms. The highest BCUT2D eigenvalue weighted by Crippen LogP contribution is 2.33. The summed E-state index contributed by atoms with van der Waals surface area (Å²) in [5, 5.41) is 0. The Kier molecular flexibility index (Phi) is 2.89. The van der Waals surface area contributed by atoms with Crippen molar-refractivity contribution in [2.24, 2.45) is 17.6 Å².